The summed E-state index contributed by atoms with van der Waals surface area (Å²) in [5, 5.41) is 0. The van der Waals surface area contributed by atoms with Gasteiger partial charge in [0.2, 0.25) is 0 Å². The number of nitrogens with zero attached hydrogens (tertiary/aromatic N) is 2. The molecule has 0 saturated carbocycles. The van der Waals surface area contributed by atoms with Gasteiger partial charge >= 0.3 is 0 Å². The van der Waals surface area contributed by atoms with E-state index in [1.54, 1.807) is 36.7 Å². The molecule has 10 heteroatoms. The molecule has 0 saturated heterocycles. The van der Waals surface area contributed by atoms with Crippen molar-refractivity contribution in [1.82, 2.24) is 9.97 Å². The Bertz CT molecular complexity index is 1430. The first-order valence-electron chi connectivity index (χ1n) is 13.8. The average Bonchev–Trinajstić information content (AvgIpc) is 3.21. The molecule has 0 spiro atoms. The van der Waals surface area contributed by atoms with Crippen molar-refractivity contribution in [3.63, 3.8) is 0 Å². The van der Waals surface area contributed by atoms with E-state index in [9.17, 15) is 26.3 Å². The van der Waals surface area contributed by atoms with Crippen LogP contribution in [0.1, 0.15) is 95.6 Å². The second-order valence-corrected chi connectivity index (χ2v) is 10.6. The van der Waals surface area contributed by atoms with Gasteiger partial charge in [-0.25, -0.2) is 26.3 Å². The van der Waals surface area contributed by atoms with Crippen LogP contribution in [0.4, 0.5) is 26.3 Å². The number of pyridine rings is 2. The molecule has 4 N–H and O–H groups in total. The number of aromatic nitrogens is 2. The number of hydrogen-bond donors (Lipinski definition) is 2. The molecular weight excluding hydrogens is 554 g/mol. The standard InChI is InChI=1S/2C16H15F3N2/c2*17-12-5-1-3-9(15(12)19)10-6-7-13(20)16-11(14(10)18)4-2-8-21-16/h2*1-5,8,10,13-14H,6-7,20H2/t10-,13+,14+;10-,13-,14+/m00/s1. The van der Waals surface area contributed by atoms with Gasteiger partial charge in [-0.15, -0.1) is 0 Å². The number of alkyl halides is 2. The molecule has 0 unspecified atom stereocenters. The monoisotopic (exact) mass is 584 g/mol. The average molecular weight is 585 g/mol. The topological polar surface area (TPSA) is 77.8 Å². The SMILES string of the molecule is N[C@@H]1CC[C@@H](c2cccc(F)c2F)[C@@H](F)c2cccnc21.N[C@H]1CC[C@@H](c2cccc(F)c2F)[C@@H](F)c2cccnc21. The lowest BCUT2D eigenvalue weighted by atomic mass is 9.88. The minimum Gasteiger partial charge on any atom is -0.323 e. The van der Waals surface area contributed by atoms with Crippen LogP contribution >= 0.6 is 0 Å². The number of hydrogen-bond acceptors (Lipinski definition) is 4. The first-order chi connectivity index (χ1) is 20.2. The van der Waals surface area contributed by atoms with E-state index in [0.717, 1.165) is 12.1 Å². The van der Waals surface area contributed by atoms with E-state index in [-0.39, 0.29) is 23.2 Å². The summed E-state index contributed by atoms with van der Waals surface area (Å²) >= 11 is 0. The van der Waals surface area contributed by atoms with Crippen molar-refractivity contribution < 1.29 is 26.3 Å². The second-order valence-electron chi connectivity index (χ2n) is 10.6. The van der Waals surface area contributed by atoms with Crippen LogP contribution in [0.15, 0.2) is 73.1 Å². The largest absolute Gasteiger partial charge is 0.323 e. The molecule has 0 fully saturated rings. The van der Waals surface area contributed by atoms with E-state index < -0.39 is 47.4 Å². The Morgan fingerprint density at radius 3 is 1.31 bits per heavy atom. The molecule has 220 valence electrons. The van der Waals surface area contributed by atoms with Crippen LogP contribution in [0.2, 0.25) is 0 Å². The Morgan fingerprint density at radius 1 is 0.524 bits per heavy atom. The summed E-state index contributed by atoms with van der Waals surface area (Å²) in [4.78, 5) is 8.29. The molecule has 2 heterocycles. The lowest BCUT2D eigenvalue weighted by Crippen LogP contribution is -2.12. The van der Waals surface area contributed by atoms with Crippen LogP contribution in [0.25, 0.3) is 0 Å². The molecule has 0 aliphatic heterocycles. The normalized spacial score (nSPS) is 25.2. The maximum Gasteiger partial charge on any atom is 0.162 e. The van der Waals surface area contributed by atoms with Crippen LogP contribution in [-0.2, 0) is 0 Å². The molecule has 2 aliphatic rings. The van der Waals surface area contributed by atoms with Gasteiger partial charge < -0.3 is 11.5 Å². The maximum atomic E-state index is 14.9. The first-order valence-corrected chi connectivity index (χ1v) is 13.8. The number of fused-ring (bicyclic) bond motifs is 2. The van der Waals surface area contributed by atoms with Crippen LogP contribution in [0, 0.1) is 23.3 Å². The quantitative estimate of drug-likeness (QED) is 0.186. The highest BCUT2D eigenvalue weighted by Crippen LogP contribution is 2.46. The van der Waals surface area contributed by atoms with Gasteiger partial charge in [0.15, 0.2) is 23.3 Å². The highest BCUT2D eigenvalue weighted by molar-refractivity contribution is 5.35. The third-order valence-electron chi connectivity index (χ3n) is 8.08. The fourth-order valence-electron chi connectivity index (χ4n) is 5.90. The number of rotatable bonds is 2. The zero-order valence-electron chi connectivity index (χ0n) is 22.5. The number of nitrogens with two attached hydrogens (primary N) is 2. The zero-order valence-corrected chi connectivity index (χ0v) is 22.5. The summed E-state index contributed by atoms with van der Waals surface area (Å²) in [6.07, 6.45) is 1.88. The van der Waals surface area contributed by atoms with E-state index in [1.807, 2.05) is 0 Å². The molecule has 42 heavy (non-hydrogen) atoms. The van der Waals surface area contributed by atoms with Gasteiger partial charge in [0, 0.05) is 47.4 Å². The molecule has 0 amide bonds. The Labute approximate surface area is 239 Å². The third-order valence-corrected chi connectivity index (χ3v) is 8.08. The van der Waals surface area contributed by atoms with Crippen molar-refractivity contribution in [3.05, 3.63) is 130 Å². The highest BCUT2D eigenvalue weighted by Gasteiger charge is 2.35. The Kier molecular flexibility index (Phi) is 8.93. The van der Waals surface area contributed by atoms with Crippen LogP contribution in [0.5, 0.6) is 0 Å². The Morgan fingerprint density at radius 2 is 0.905 bits per heavy atom. The van der Waals surface area contributed by atoms with Gasteiger partial charge in [-0.1, -0.05) is 36.4 Å². The summed E-state index contributed by atoms with van der Waals surface area (Å²) in [5.74, 6) is -5.38. The Balaban J connectivity index is 0.000000168. The molecule has 2 aromatic heterocycles. The summed E-state index contributed by atoms with van der Waals surface area (Å²) in [6.45, 7) is 0. The summed E-state index contributed by atoms with van der Waals surface area (Å²) < 4.78 is 84.5. The van der Waals surface area contributed by atoms with Crippen LogP contribution < -0.4 is 11.5 Å². The molecule has 0 bridgehead atoms. The van der Waals surface area contributed by atoms with Crippen molar-refractivity contribution >= 4 is 0 Å². The van der Waals surface area contributed by atoms with Crippen molar-refractivity contribution in [1.29, 1.82) is 0 Å². The molecule has 4 nitrogen and oxygen atoms in total. The van der Waals surface area contributed by atoms with Crippen molar-refractivity contribution in [3.8, 4) is 0 Å². The van der Waals surface area contributed by atoms with Gasteiger partial charge in [0.05, 0.1) is 11.4 Å². The van der Waals surface area contributed by atoms with E-state index in [4.69, 9.17) is 11.5 Å². The van der Waals surface area contributed by atoms with E-state index in [0.29, 0.717) is 48.2 Å². The fraction of sp³-hybridized carbons (Fsp3) is 0.312. The molecular formula is C32H30F6N4. The molecule has 4 aromatic rings. The summed E-state index contributed by atoms with van der Waals surface area (Å²) in [6, 6.07) is 13.4. The third kappa shape index (κ3) is 5.78. The van der Waals surface area contributed by atoms with Gasteiger partial charge in [-0.2, -0.15) is 0 Å². The van der Waals surface area contributed by atoms with Gasteiger partial charge in [0.25, 0.3) is 0 Å². The highest BCUT2D eigenvalue weighted by atomic mass is 19.2. The van der Waals surface area contributed by atoms with Crippen molar-refractivity contribution in [2.24, 2.45) is 11.5 Å². The smallest absolute Gasteiger partial charge is 0.162 e. The fourth-order valence-corrected chi connectivity index (χ4v) is 5.90. The lowest BCUT2D eigenvalue weighted by molar-refractivity contribution is 0.274. The van der Waals surface area contributed by atoms with E-state index in [2.05, 4.69) is 9.97 Å². The molecule has 6 atom stereocenters. The first kappa shape index (κ1) is 29.7. The zero-order chi connectivity index (χ0) is 30.0. The molecule has 6 rings (SSSR count). The van der Waals surface area contributed by atoms with E-state index >= 15 is 0 Å². The second kappa shape index (κ2) is 12.6. The predicted octanol–water partition coefficient (Wildman–Crippen LogP) is 7.90. The summed E-state index contributed by atoms with van der Waals surface area (Å²) in [5.41, 5.74) is 13.9. The minimum atomic E-state index is -1.45. The van der Waals surface area contributed by atoms with Crippen molar-refractivity contribution in [2.45, 2.75) is 61.9 Å². The predicted molar refractivity (Wildman–Crippen MR) is 147 cm³/mol. The number of halogens is 6. The minimum absolute atomic E-state index is 0.0615. The lowest BCUT2D eigenvalue weighted by Gasteiger charge is -2.20. The van der Waals surface area contributed by atoms with Gasteiger partial charge in [-0.05, 0) is 61.1 Å². The molecule has 2 aliphatic carbocycles. The van der Waals surface area contributed by atoms with Crippen LogP contribution in [0.3, 0.4) is 0 Å². The van der Waals surface area contributed by atoms with Crippen molar-refractivity contribution in [2.75, 3.05) is 0 Å². The van der Waals surface area contributed by atoms with E-state index in [1.165, 1.54) is 24.3 Å². The van der Waals surface area contributed by atoms with Gasteiger partial charge in [0.1, 0.15) is 12.3 Å². The van der Waals surface area contributed by atoms with Gasteiger partial charge in [-0.3, -0.25) is 9.97 Å². The maximum absolute atomic E-state index is 14.9. The summed E-state index contributed by atoms with van der Waals surface area (Å²) in [7, 11) is 0. The molecule has 2 aromatic carbocycles. The Hall–Kier alpha value is -3.76. The molecule has 0 radical (unpaired) electrons. The van der Waals surface area contributed by atoms with Crippen LogP contribution in [-0.4, -0.2) is 9.97 Å². The number of benzene rings is 2.